The summed E-state index contributed by atoms with van der Waals surface area (Å²) in [7, 11) is -3.81. The predicted octanol–water partition coefficient (Wildman–Crippen LogP) is 3.50. The molecule has 0 radical (unpaired) electrons. The maximum Gasteiger partial charge on any atom is 0.340 e. The molecule has 0 aliphatic carbocycles. The number of benzene rings is 2. The van der Waals surface area contributed by atoms with E-state index in [0.29, 0.717) is 11.3 Å². The largest absolute Gasteiger partial charge is 0.467 e. The summed E-state index contributed by atoms with van der Waals surface area (Å²) in [6.07, 6.45) is 0. The van der Waals surface area contributed by atoms with Crippen LogP contribution < -0.4 is 4.74 Å². The molecular formula is C20H21ClN2O8S. The Bertz CT molecular complexity index is 1150. The van der Waals surface area contributed by atoms with E-state index < -0.39 is 20.9 Å². The first-order valence-corrected chi connectivity index (χ1v) is 11.5. The van der Waals surface area contributed by atoms with Gasteiger partial charge in [0.25, 0.3) is 5.69 Å². The summed E-state index contributed by atoms with van der Waals surface area (Å²) in [5, 5.41) is 11.2. The van der Waals surface area contributed by atoms with Crippen LogP contribution in [0.3, 0.4) is 0 Å². The Morgan fingerprint density at radius 3 is 2.62 bits per heavy atom. The number of nitro benzene ring substituents is 1. The lowest BCUT2D eigenvalue weighted by Crippen LogP contribution is -2.30. The summed E-state index contributed by atoms with van der Waals surface area (Å²) in [5.41, 5.74) is 0.411. The Balaban J connectivity index is 1.87. The summed E-state index contributed by atoms with van der Waals surface area (Å²) in [4.78, 5) is 23.3. The van der Waals surface area contributed by atoms with Crippen molar-refractivity contribution in [2.24, 2.45) is 0 Å². The van der Waals surface area contributed by atoms with E-state index in [4.69, 9.17) is 25.8 Å². The fourth-order valence-electron chi connectivity index (χ4n) is 3.25. The van der Waals surface area contributed by atoms with E-state index in [1.165, 1.54) is 28.6 Å². The summed E-state index contributed by atoms with van der Waals surface area (Å²) >= 11 is 6.11. The van der Waals surface area contributed by atoms with E-state index in [9.17, 15) is 23.3 Å². The first-order valence-electron chi connectivity index (χ1n) is 9.66. The number of hydrogen-bond acceptors (Lipinski definition) is 8. The van der Waals surface area contributed by atoms with Crippen LogP contribution in [0, 0.1) is 10.1 Å². The smallest absolute Gasteiger partial charge is 0.340 e. The zero-order valence-electron chi connectivity index (χ0n) is 17.4. The third-order valence-corrected chi connectivity index (χ3v) is 7.22. The molecular weight excluding hydrogens is 464 g/mol. The number of ether oxygens (including phenoxy) is 3. The van der Waals surface area contributed by atoms with E-state index in [0.717, 1.165) is 6.07 Å². The lowest BCUT2D eigenvalue weighted by Gasteiger charge is -2.20. The van der Waals surface area contributed by atoms with Gasteiger partial charge in [0.15, 0.2) is 6.79 Å². The molecule has 2 aromatic rings. The summed E-state index contributed by atoms with van der Waals surface area (Å²) < 4.78 is 42.6. The monoisotopic (exact) mass is 484 g/mol. The predicted molar refractivity (Wildman–Crippen MR) is 114 cm³/mol. The Hall–Kier alpha value is -2.73. The molecule has 1 aliphatic heterocycles. The number of fused-ring (bicyclic) bond motifs is 1. The molecule has 0 saturated heterocycles. The average Bonchev–Trinajstić information content (AvgIpc) is 2.77. The molecule has 2 aromatic carbocycles. The van der Waals surface area contributed by atoms with Crippen molar-refractivity contribution in [2.45, 2.75) is 32.0 Å². The summed E-state index contributed by atoms with van der Waals surface area (Å²) in [6.45, 7) is 3.69. The summed E-state index contributed by atoms with van der Waals surface area (Å²) in [5.74, 6) is -0.530. The van der Waals surface area contributed by atoms with Crippen molar-refractivity contribution in [3.63, 3.8) is 0 Å². The van der Waals surface area contributed by atoms with Gasteiger partial charge in [0, 0.05) is 36.3 Å². The van der Waals surface area contributed by atoms with Crippen LogP contribution in [0.1, 0.15) is 35.3 Å². The van der Waals surface area contributed by atoms with Gasteiger partial charge in [-0.2, -0.15) is 4.31 Å². The van der Waals surface area contributed by atoms with E-state index in [1.54, 1.807) is 13.8 Å². The second-order valence-corrected chi connectivity index (χ2v) is 9.11. The van der Waals surface area contributed by atoms with Gasteiger partial charge < -0.3 is 14.2 Å². The Labute approximate surface area is 189 Å². The highest BCUT2D eigenvalue weighted by Crippen LogP contribution is 2.33. The maximum absolute atomic E-state index is 12.8. The van der Waals surface area contributed by atoms with Gasteiger partial charge in [-0.05, 0) is 18.2 Å². The Morgan fingerprint density at radius 1 is 1.25 bits per heavy atom. The standard InChI is InChI=1S/C20H21ClN2O8S/c1-3-22(4-2)32(27,28)16-5-6-18(21)17(9-16)20(24)30-11-14-8-15(23(25)26)7-13-10-29-12-31-19(13)14/h5-9H,3-4,10-12H2,1-2H3. The summed E-state index contributed by atoms with van der Waals surface area (Å²) in [6, 6.07) is 6.37. The van der Waals surface area contributed by atoms with E-state index in [1.807, 2.05) is 0 Å². The lowest BCUT2D eigenvalue weighted by atomic mass is 10.1. The molecule has 3 rings (SSSR count). The van der Waals surface area contributed by atoms with Crippen LogP contribution >= 0.6 is 11.6 Å². The molecule has 0 spiro atoms. The second-order valence-electron chi connectivity index (χ2n) is 6.77. The molecule has 0 unspecified atom stereocenters. The molecule has 0 atom stereocenters. The van der Waals surface area contributed by atoms with Crippen LogP contribution in [-0.2, 0) is 32.7 Å². The van der Waals surface area contributed by atoms with Gasteiger partial charge in [-0.3, -0.25) is 10.1 Å². The molecule has 0 saturated carbocycles. The average molecular weight is 485 g/mol. The van der Waals surface area contributed by atoms with Gasteiger partial charge in [-0.15, -0.1) is 0 Å². The zero-order valence-corrected chi connectivity index (χ0v) is 18.9. The third-order valence-electron chi connectivity index (χ3n) is 4.84. The first-order chi connectivity index (χ1) is 15.2. The number of hydrogen-bond donors (Lipinski definition) is 0. The van der Waals surface area contributed by atoms with Gasteiger partial charge in [-0.25, -0.2) is 13.2 Å². The highest BCUT2D eigenvalue weighted by molar-refractivity contribution is 7.89. The van der Waals surface area contributed by atoms with Crippen molar-refractivity contribution < 1.29 is 32.3 Å². The molecule has 10 nitrogen and oxygen atoms in total. The number of nitro groups is 1. The van der Waals surface area contributed by atoms with E-state index in [-0.39, 0.29) is 59.8 Å². The number of non-ortho nitro benzene ring substituents is 1. The molecule has 1 heterocycles. The lowest BCUT2D eigenvalue weighted by molar-refractivity contribution is -0.385. The van der Waals surface area contributed by atoms with Crippen molar-refractivity contribution >= 4 is 33.3 Å². The highest BCUT2D eigenvalue weighted by Gasteiger charge is 2.25. The molecule has 0 bridgehead atoms. The van der Waals surface area contributed by atoms with E-state index >= 15 is 0 Å². The zero-order chi connectivity index (χ0) is 23.5. The van der Waals surface area contributed by atoms with Gasteiger partial charge in [0.1, 0.15) is 12.4 Å². The number of sulfonamides is 1. The molecule has 0 aromatic heterocycles. The normalized spacial score (nSPS) is 13.4. The number of halogens is 1. The van der Waals surface area contributed by atoms with E-state index in [2.05, 4.69) is 0 Å². The molecule has 32 heavy (non-hydrogen) atoms. The first kappa shape index (κ1) is 23.9. The van der Waals surface area contributed by atoms with Crippen molar-refractivity contribution in [3.8, 4) is 5.75 Å². The van der Waals surface area contributed by atoms with Gasteiger partial charge in [0.05, 0.1) is 27.0 Å². The minimum atomic E-state index is -3.81. The van der Waals surface area contributed by atoms with Crippen molar-refractivity contribution in [1.29, 1.82) is 0 Å². The number of carbonyl (C=O) groups is 1. The van der Waals surface area contributed by atoms with Crippen LogP contribution in [0.5, 0.6) is 5.75 Å². The Morgan fingerprint density at radius 2 is 1.97 bits per heavy atom. The maximum atomic E-state index is 12.8. The topological polar surface area (TPSA) is 125 Å². The van der Waals surface area contributed by atoms with Gasteiger partial charge in [0.2, 0.25) is 10.0 Å². The number of nitrogens with zero attached hydrogens (tertiary/aromatic N) is 2. The molecule has 1 aliphatic rings. The minimum Gasteiger partial charge on any atom is -0.467 e. The quantitative estimate of drug-likeness (QED) is 0.316. The number of carbonyl (C=O) groups excluding carboxylic acids is 1. The fourth-order valence-corrected chi connectivity index (χ4v) is 4.93. The van der Waals surface area contributed by atoms with Crippen LogP contribution in [-0.4, -0.2) is 43.5 Å². The number of esters is 1. The van der Waals surface area contributed by atoms with Crippen molar-refractivity contribution in [1.82, 2.24) is 4.31 Å². The van der Waals surface area contributed by atoms with Gasteiger partial charge >= 0.3 is 5.97 Å². The molecule has 0 fully saturated rings. The van der Waals surface area contributed by atoms with Crippen LogP contribution in [0.4, 0.5) is 5.69 Å². The molecule has 172 valence electrons. The molecule has 0 N–H and O–H groups in total. The van der Waals surface area contributed by atoms with Gasteiger partial charge in [-0.1, -0.05) is 25.4 Å². The SMILES string of the molecule is CCN(CC)S(=O)(=O)c1ccc(Cl)c(C(=O)OCc2cc([N+](=O)[O-])cc3c2OCOC3)c1. The fraction of sp³-hybridized carbons (Fsp3) is 0.350. The highest BCUT2D eigenvalue weighted by atomic mass is 35.5. The second kappa shape index (κ2) is 9.82. The third kappa shape index (κ3) is 4.85. The van der Waals surface area contributed by atoms with Crippen LogP contribution in [0.2, 0.25) is 5.02 Å². The molecule has 12 heteroatoms. The number of rotatable bonds is 8. The van der Waals surface area contributed by atoms with Crippen LogP contribution in [0.25, 0.3) is 0 Å². The van der Waals surface area contributed by atoms with Crippen LogP contribution in [0.15, 0.2) is 35.2 Å². The minimum absolute atomic E-state index is 0.0132. The van der Waals surface area contributed by atoms with Crippen molar-refractivity contribution in [3.05, 3.63) is 62.2 Å². The molecule has 0 amide bonds. The Kier molecular flexibility index (Phi) is 7.34. The van der Waals surface area contributed by atoms with Crippen molar-refractivity contribution in [2.75, 3.05) is 19.9 Å².